The van der Waals surface area contributed by atoms with E-state index in [-0.39, 0.29) is 24.8 Å². The number of hydrogen-bond donors (Lipinski definition) is 1. The van der Waals surface area contributed by atoms with E-state index in [1.165, 1.54) is 18.4 Å². The highest BCUT2D eigenvalue weighted by atomic mass is 35.5. The Kier molecular flexibility index (Phi) is 11.3. The van der Waals surface area contributed by atoms with Crippen molar-refractivity contribution in [2.24, 2.45) is 5.92 Å². The van der Waals surface area contributed by atoms with Crippen molar-refractivity contribution in [3.63, 3.8) is 0 Å². The van der Waals surface area contributed by atoms with Crippen molar-refractivity contribution in [2.45, 2.75) is 32.7 Å². The quantitative estimate of drug-likeness (QED) is 0.756. The molecule has 1 aromatic rings. The highest BCUT2D eigenvalue weighted by Crippen LogP contribution is 2.34. The Morgan fingerprint density at radius 3 is 2.25 bits per heavy atom. The van der Waals surface area contributed by atoms with E-state index < -0.39 is 0 Å². The van der Waals surface area contributed by atoms with E-state index in [9.17, 15) is 0 Å². The number of anilines is 1. The fourth-order valence-corrected chi connectivity index (χ4v) is 3.38. The molecule has 1 aromatic carbocycles. The summed E-state index contributed by atoms with van der Waals surface area (Å²) in [7, 11) is 4.11. The van der Waals surface area contributed by atoms with Crippen LogP contribution >= 0.6 is 36.4 Å². The molecule has 0 radical (unpaired) electrons. The number of nitrogens with zero attached hydrogens (tertiary/aromatic N) is 2. The van der Waals surface area contributed by atoms with E-state index in [0.717, 1.165) is 42.8 Å². The standard InChI is InChI=1S/C18H30ClN3.2ClH/c1-14(2)5-8-18(22-11-9-20-10-12-22)16-7-6-15(21(3)4)13-17(16)19;;/h6-7,13-14,18,20H,5,8-12H2,1-4H3;2*1H/t18-;;/m1../s1. The second-order valence-corrected chi connectivity index (χ2v) is 7.28. The zero-order chi connectivity index (χ0) is 16.1. The summed E-state index contributed by atoms with van der Waals surface area (Å²) in [6.45, 7) is 8.96. The molecule has 1 heterocycles. The monoisotopic (exact) mass is 395 g/mol. The van der Waals surface area contributed by atoms with Crippen LogP contribution in [0.2, 0.25) is 5.02 Å². The highest BCUT2D eigenvalue weighted by Gasteiger charge is 2.24. The minimum Gasteiger partial charge on any atom is -0.378 e. The lowest BCUT2D eigenvalue weighted by molar-refractivity contribution is 0.160. The molecule has 0 aliphatic carbocycles. The topological polar surface area (TPSA) is 18.5 Å². The summed E-state index contributed by atoms with van der Waals surface area (Å²) in [5.41, 5.74) is 2.45. The molecule has 1 fully saturated rings. The molecule has 6 heteroatoms. The maximum absolute atomic E-state index is 6.63. The van der Waals surface area contributed by atoms with Crippen molar-refractivity contribution in [3.05, 3.63) is 28.8 Å². The van der Waals surface area contributed by atoms with Gasteiger partial charge in [0, 0.05) is 57.0 Å². The summed E-state index contributed by atoms with van der Waals surface area (Å²) >= 11 is 6.63. The lowest BCUT2D eigenvalue weighted by atomic mass is 9.95. The second-order valence-electron chi connectivity index (χ2n) is 6.87. The van der Waals surface area contributed by atoms with Crippen LogP contribution in [0.5, 0.6) is 0 Å². The predicted octanol–water partition coefficient (Wildman–Crippen LogP) is 4.63. The highest BCUT2D eigenvalue weighted by molar-refractivity contribution is 6.31. The van der Waals surface area contributed by atoms with Crippen LogP contribution in [0.15, 0.2) is 18.2 Å². The Hall–Kier alpha value is -0.190. The van der Waals surface area contributed by atoms with Crippen LogP contribution in [0.3, 0.4) is 0 Å². The molecule has 1 aliphatic rings. The Balaban J connectivity index is 0.00000264. The molecule has 2 rings (SSSR count). The molecular formula is C18H32Cl3N3. The van der Waals surface area contributed by atoms with Gasteiger partial charge in [-0.05, 0) is 36.5 Å². The summed E-state index contributed by atoms with van der Waals surface area (Å²) in [6.07, 6.45) is 2.42. The number of piperazine rings is 1. The molecule has 0 aromatic heterocycles. The van der Waals surface area contributed by atoms with Crippen molar-refractivity contribution in [1.82, 2.24) is 10.2 Å². The third-order valence-corrected chi connectivity index (χ3v) is 4.80. The number of rotatable bonds is 6. The summed E-state index contributed by atoms with van der Waals surface area (Å²) in [4.78, 5) is 4.69. The van der Waals surface area contributed by atoms with Crippen molar-refractivity contribution >= 4 is 42.1 Å². The van der Waals surface area contributed by atoms with Gasteiger partial charge in [0.1, 0.15) is 0 Å². The molecule has 3 nitrogen and oxygen atoms in total. The Labute approximate surface area is 164 Å². The minimum absolute atomic E-state index is 0. The first-order valence-electron chi connectivity index (χ1n) is 8.40. The molecule has 1 atom stereocenters. The van der Waals surface area contributed by atoms with Gasteiger partial charge in [-0.15, -0.1) is 24.8 Å². The fourth-order valence-electron chi connectivity index (χ4n) is 3.08. The minimum atomic E-state index is 0. The van der Waals surface area contributed by atoms with Gasteiger partial charge in [0.05, 0.1) is 0 Å². The van der Waals surface area contributed by atoms with Gasteiger partial charge in [-0.1, -0.05) is 31.5 Å². The lowest BCUT2D eigenvalue weighted by Gasteiger charge is -2.36. The lowest BCUT2D eigenvalue weighted by Crippen LogP contribution is -2.45. The van der Waals surface area contributed by atoms with Crippen LogP contribution < -0.4 is 10.2 Å². The molecule has 0 saturated carbocycles. The summed E-state index contributed by atoms with van der Waals surface area (Å²) in [5.74, 6) is 0.727. The van der Waals surface area contributed by atoms with Gasteiger partial charge in [-0.3, -0.25) is 4.90 Å². The Morgan fingerprint density at radius 1 is 1.12 bits per heavy atom. The third kappa shape index (κ3) is 6.61. The molecule has 1 aliphatic heterocycles. The van der Waals surface area contributed by atoms with Crippen LogP contribution in [-0.2, 0) is 0 Å². The van der Waals surface area contributed by atoms with E-state index in [0.29, 0.717) is 6.04 Å². The Morgan fingerprint density at radius 2 is 1.75 bits per heavy atom. The zero-order valence-electron chi connectivity index (χ0n) is 15.2. The zero-order valence-corrected chi connectivity index (χ0v) is 17.6. The summed E-state index contributed by atoms with van der Waals surface area (Å²) in [5, 5.41) is 4.34. The van der Waals surface area contributed by atoms with Crippen molar-refractivity contribution < 1.29 is 0 Å². The van der Waals surface area contributed by atoms with Crippen LogP contribution in [0.25, 0.3) is 0 Å². The van der Waals surface area contributed by atoms with Crippen molar-refractivity contribution in [3.8, 4) is 0 Å². The summed E-state index contributed by atoms with van der Waals surface area (Å²) < 4.78 is 0. The largest absolute Gasteiger partial charge is 0.378 e. The first-order valence-corrected chi connectivity index (χ1v) is 8.78. The number of nitrogens with one attached hydrogen (secondary N) is 1. The maximum atomic E-state index is 6.63. The molecule has 0 amide bonds. The second kappa shape index (κ2) is 11.4. The predicted molar refractivity (Wildman–Crippen MR) is 112 cm³/mol. The van der Waals surface area contributed by atoms with E-state index in [1.807, 2.05) is 0 Å². The van der Waals surface area contributed by atoms with Crippen LogP contribution in [0.4, 0.5) is 5.69 Å². The van der Waals surface area contributed by atoms with E-state index in [2.05, 4.69) is 61.3 Å². The van der Waals surface area contributed by atoms with Gasteiger partial charge in [0.25, 0.3) is 0 Å². The molecular weight excluding hydrogens is 365 g/mol. The van der Waals surface area contributed by atoms with Gasteiger partial charge in [-0.25, -0.2) is 0 Å². The van der Waals surface area contributed by atoms with Gasteiger partial charge in [0.2, 0.25) is 0 Å². The summed E-state index contributed by atoms with van der Waals surface area (Å²) in [6, 6.07) is 6.95. The van der Waals surface area contributed by atoms with E-state index in [1.54, 1.807) is 0 Å². The first-order chi connectivity index (χ1) is 10.5. The van der Waals surface area contributed by atoms with Gasteiger partial charge in [0.15, 0.2) is 0 Å². The SMILES string of the molecule is CC(C)CC[C@H](c1ccc(N(C)C)cc1Cl)N1CCNCC1.Cl.Cl. The van der Waals surface area contributed by atoms with E-state index in [4.69, 9.17) is 11.6 Å². The van der Waals surface area contributed by atoms with Gasteiger partial charge >= 0.3 is 0 Å². The van der Waals surface area contributed by atoms with E-state index >= 15 is 0 Å². The smallest absolute Gasteiger partial charge is 0.0474 e. The fraction of sp³-hybridized carbons (Fsp3) is 0.667. The molecule has 24 heavy (non-hydrogen) atoms. The van der Waals surface area contributed by atoms with Gasteiger partial charge in [-0.2, -0.15) is 0 Å². The normalized spacial score (nSPS) is 16.2. The van der Waals surface area contributed by atoms with Crippen LogP contribution in [0.1, 0.15) is 38.3 Å². The van der Waals surface area contributed by atoms with Crippen LogP contribution in [-0.4, -0.2) is 45.2 Å². The molecule has 0 unspecified atom stereocenters. The van der Waals surface area contributed by atoms with Crippen molar-refractivity contribution in [1.29, 1.82) is 0 Å². The molecule has 0 bridgehead atoms. The average Bonchev–Trinajstić information content (AvgIpc) is 2.49. The number of benzene rings is 1. The third-order valence-electron chi connectivity index (χ3n) is 4.47. The number of halogens is 3. The average molecular weight is 397 g/mol. The molecule has 1 N–H and O–H groups in total. The molecule has 1 saturated heterocycles. The maximum Gasteiger partial charge on any atom is 0.0474 e. The van der Waals surface area contributed by atoms with Gasteiger partial charge < -0.3 is 10.2 Å². The van der Waals surface area contributed by atoms with Crippen LogP contribution in [0, 0.1) is 5.92 Å². The van der Waals surface area contributed by atoms with Crippen molar-refractivity contribution in [2.75, 3.05) is 45.2 Å². The Bertz CT molecular complexity index is 475. The first kappa shape index (κ1) is 23.8. The molecule has 0 spiro atoms. The molecule has 140 valence electrons. The number of hydrogen-bond acceptors (Lipinski definition) is 3.